The second kappa shape index (κ2) is 8.25. The molecule has 4 heteroatoms. The SMILES string of the molecule is CCC1CN(c2ccccc2CNCCOC)CCO1. The molecule has 0 aromatic heterocycles. The van der Waals surface area contributed by atoms with Crippen molar-refractivity contribution in [1.29, 1.82) is 0 Å². The maximum atomic E-state index is 5.76. The summed E-state index contributed by atoms with van der Waals surface area (Å²) in [6.07, 6.45) is 1.43. The van der Waals surface area contributed by atoms with Crippen molar-refractivity contribution in [2.24, 2.45) is 0 Å². The Labute approximate surface area is 122 Å². The van der Waals surface area contributed by atoms with Gasteiger partial charge in [-0.2, -0.15) is 0 Å². The van der Waals surface area contributed by atoms with Crippen LogP contribution in [0.1, 0.15) is 18.9 Å². The quantitative estimate of drug-likeness (QED) is 0.774. The monoisotopic (exact) mass is 278 g/mol. The third-order valence-electron chi connectivity index (χ3n) is 3.72. The number of morpholine rings is 1. The van der Waals surface area contributed by atoms with Crippen LogP contribution in [0.25, 0.3) is 0 Å². The molecule has 1 heterocycles. The molecule has 1 aromatic carbocycles. The Hall–Kier alpha value is -1.10. The van der Waals surface area contributed by atoms with Crippen molar-refractivity contribution < 1.29 is 9.47 Å². The van der Waals surface area contributed by atoms with E-state index in [4.69, 9.17) is 9.47 Å². The van der Waals surface area contributed by atoms with E-state index in [0.29, 0.717) is 6.10 Å². The molecular weight excluding hydrogens is 252 g/mol. The largest absolute Gasteiger partial charge is 0.383 e. The first-order valence-corrected chi connectivity index (χ1v) is 7.49. The first-order chi connectivity index (χ1) is 9.85. The molecule has 1 fully saturated rings. The number of hydrogen-bond acceptors (Lipinski definition) is 4. The highest BCUT2D eigenvalue weighted by Crippen LogP contribution is 2.23. The smallest absolute Gasteiger partial charge is 0.0748 e. The Bertz CT molecular complexity index is 398. The van der Waals surface area contributed by atoms with Crippen LogP contribution in [0.2, 0.25) is 0 Å². The van der Waals surface area contributed by atoms with E-state index in [-0.39, 0.29) is 0 Å². The fourth-order valence-electron chi connectivity index (χ4n) is 2.55. The average Bonchev–Trinajstić information content (AvgIpc) is 2.52. The van der Waals surface area contributed by atoms with Gasteiger partial charge in [-0.3, -0.25) is 0 Å². The molecule has 4 nitrogen and oxygen atoms in total. The van der Waals surface area contributed by atoms with Crippen molar-refractivity contribution in [3.63, 3.8) is 0 Å². The Morgan fingerprint density at radius 1 is 1.40 bits per heavy atom. The van der Waals surface area contributed by atoms with Crippen molar-refractivity contribution in [1.82, 2.24) is 5.32 Å². The number of ether oxygens (including phenoxy) is 2. The van der Waals surface area contributed by atoms with E-state index in [0.717, 1.165) is 45.8 Å². The molecule has 0 spiro atoms. The van der Waals surface area contributed by atoms with Gasteiger partial charge in [-0.1, -0.05) is 25.1 Å². The summed E-state index contributed by atoms with van der Waals surface area (Å²) in [5.74, 6) is 0. The summed E-state index contributed by atoms with van der Waals surface area (Å²) < 4.78 is 10.8. The van der Waals surface area contributed by atoms with Crippen molar-refractivity contribution in [2.45, 2.75) is 26.0 Å². The molecule has 0 radical (unpaired) electrons. The van der Waals surface area contributed by atoms with Gasteiger partial charge in [0.25, 0.3) is 0 Å². The minimum Gasteiger partial charge on any atom is -0.383 e. The summed E-state index contributed by atoms with van der Waals surface area (Å²) in [7, 11) is 1.73. The van der Waals surface area contributed by atoms with Crippen LogP contribution in [0.4, 0.5) is 5.69 Å². The van der Waals surface area contributed by atoms with Gasteiger partial charge >= 0.3 is 0 Å². The van der Waals surface area contributed by atoms with Crippen LogP contribution in [0.5, 0.6) is 0 Å². The van der Waals surface area contributed by atoms with E-state index in [9.17, 15) is 0 Å². The van der Waals surface area contributed by atoms with Crippen molar-refractivity contribution in [2.75, 3.05) is 44.9 Å². The zero-order chi connectivity index (χ0) is 14.2. The second-order valence-corrected chi connectivity index (χ2v) is 5.15. The van der Waals surface area contributed by atoms with Crippen molar-refractivity contribution in [3.8, 4) is 0 Å². The Morgan fingerprint density at radius 3 is 3.05 bits per heavy atom. The molecule has 112 valence electrons. The van der Waals surface area contributed by atoms with Crippen LogP contribution in [0.3, 0.4) is 0 Å². The van der Waals surface area contributed by atoms with Crippen LogP contribution in [-0.4, -0.2) is 46.1 Å². The standard InChI is InChI=1S/C16H26N2O2/c1-3-15-13-18(9-11-20-15)16-7-5-4-6-14(16)12-17-8-10-19-2/h4-7,15,17H,3,8-13H2,1-2H3. The number of benzene rings is 1. The third-order valence-corrected chi connectivity index (χ3v) is 3.72. The number of hydrogen-bond donors (Lipinski definition) is 1. The first kappa shape index (κ1) is 15.3. The highest BCUT2D eigenvalue weighted by atomic mass is 16.5. The van der Waals surface area contributed by atoms with Crippen molar-refractivity contribution >= 4 is 5.69 Å². The van der Waals surface area contributed by atoms with Gasteiger partial charge in [-0.15, -0.1) is 0 Å². The number of rotatable bonds is 7. The predicted octanol–water partition coefficient (Wildman–Crippen LogP) is 2.04. The van der Waals surface area contributed by atoms with Gasteiger partial charge in [0.05, 0.1) is 19.3 Å². The van der Waals surface area contributed by atoms with Crippen LogP contribution in [-0.2, 0) is 16.0 Å². The molecule has 20 heavy (non-hydrogen) atoms. The zero-order valence-corrected chi connectivity index (χ0v) is 12.6. The molecule has 2 rings (SSSR count). The zero-order valence-electron chi connectivity index (χ0n) is 12.6. The topological polar surface area (TPSA) is 33.7 Å². The third kappa shape index (κ3) is 4.20. The molecular formula is C16H26N2O2. The normalized spacial score (nSPS) is 19.3. The van der Waals surface area contributed by atoms with E-state index in [2.05, 4.69) is 41.4 Å². The Morgan fingerprint density at radius 2 is 2.25 bits per heavy atom. The molecule has 1 aliphatic rings. The van der Waals surface area contributed by atoms with Gasteiger partial charge in [0.1, 0.15) is 0 Å². The minimum absolute atomic E-state index is 0.359. The molecule has 1 unspecified atom stereocenters. The van der Waals surface area contributed by atoms with Gasteiger partial charge in [0, 0.05) is 39.0 Å². The van der Waals surface area contributed by atoms with Gasteiger partial charge in [0.2, 0.25) is 0 Å². The van der Waals surface area contributed by atoms with E-state index >= 15 is 0 Å². The number of para-hydroxylation sites is 1. The second-order valence-electron chi connectivity index (χ2n) is 5.15. The molecule has 1 aromatic rings. The maximum Gasteiger partial charge on any atom is 0.0748 e. The molecule has 1 N–H and O–H groups in total. The van der Waals surface area contributed by atoms with Gasteiger partial charge < -0.3 is 19.7 Å². The number of nitrogens with zero attached hydrogens (tertiary/aromatic N) is 1. The van der Waals surface area contributed by atoms with Crippen LogP contribution < -0.4 is 10.2 Å². The molecule has 0 bridgehead atoms. The predicted molar refractivity (Wildman–Crippen MR) is 82.3 cm³/mol. The summed E-state index contributed by atoms with van der Waals surface area (Å²) in [6, 6.07) is 8.63. The molecule has 1 aliphatic heterocycles. The lowest BCUT2D eigenvalue weighted by Crippen LogP contribution is -2.42. The van der Waals surface area contributed by atoms with Gasteiger partial charge in [0.15, 0.2) is 0 Å². The van der Waals surface area contributed by atoms with Gasteiger partial charge in [-0.05, 0) is 18.1 Å². The first-order valence-electron chi connectivity index (χ1n) is 7.49. The highest BCUT2D eigenvalue weighted by molar-refractivity contribution is 5.54. The van der Waals surface area contributed by atoms with E-state index in [1.165, 1.54) is 11.3 Å². The molecule has 0 saturated carbocycles. The molecule has 0 aliphatic carbocycles. The summed E-state index contributed by atoms with van der Waals surface area (Å²) in [4.78, 5) is 2.45. The van der Waals surface area contributed by atoms with Gasteiger partial charge in [-0.25, -0.2) is 0 Å². The highest BCUT2D eigenvalue weighted by Gasteiger charge is 2.20. The summed E-state index contributed by atoms with van der Waals surface area (Å²) in [5.41, 5.74) is 2.68. The van der Waals surface area contributed by atoms with Crippen LogP contribution in [0.15, 0.2) is 24.3 Å². The lowest BCUT2D eigenvalue weighted by Gasteiger charge is -2.35. The van der Waals surface area contributed by atoms with E-state index < -0.39 is 0 Å². The van der Waals surface area contributed by atoms with Crippen LogP contribution >= 0.6 is 0 Å². The van der Waals surface area contributed by atoms with Crippen molar-refractivity contribution in [3.05, 3.63) is 29.8 Å². The van der Waals surface area contributed by atoms with Crippen LogP contribution in [0, 0.1) is 0 Å². The number of methoxy groups -OCH3 is 1. The Balaban J connectivity index is 1.99. The minimum atomic E-state index is 0.359. The fraction of sp³-hybridized carbons (Fsp3) is 0.625. The van der Waals surface area contributed by atoms with E-state index in [1.54, 1.807) is 7.11 Å². The summed E-state index contributed by atoms with van der Waals surface area (Å²) in [5, 5.41) is 3.42. The summed E-state index contributed by atoms with van der Waals surface area (Å²) >= 11 is 0. The fourth-order valence-corrected chi connectivity index (χ4v) is 2.55. The molecule has 1 saturated heterocycles. The Kier molecular flexibility index (Phi) is 6.30. The maximum absolute atomic E-state index is 5.76. The lowest BCUT2D eigenvalue weighted by molar-refractivity contribution is 0.0384. The average molecular weight is 278 g/mol. The molecule has 1 atom stereocenters. The molecule has 0 amide bonds. The van der Waals surface area contributed by atoms with E-state index in [1.807, 2.05) is 0 Å². The lowest BCUT2D eigenvalue weighted by atomic mass is 10.1. The summed E-state index contributed by atoms with van der Waals surface area (Å²) in [6.45, 7) is 7.49. The number of nitrogens with one attached hydrogen (secondary N) is 1. The number of anilines is 1.